The molecule has 2 aromatic rings. The van der Waals surface area contributed by atoms with Crippen LogP contribution in [0.5, 0.6) is 11.5 Å². The van der Waals surface area contributed by atoms with E-state index in [-0.39, 0.29) is 25.2 Å². The van der Waals surface area contributed by atoms with Gasteiger partial charge in [0.1, 0.15) is 17.5 Å². The average Bonchev–Trinajstić information content (AvgIpc) is 3.18. The highest BCUT2D eigenvalue weighted by Gasteiger charge is 2.32. The fourth-order valence-corrected chi connectivity index (χ4v) is 3.38. The number of aryl methyl sites for hydroxylation is 1. The molecule has 0 aliphatic carbocycles. The molecule has 1 aliphatic heterocycles. The first-order chi connectivity index (χ1) is 14.4. The Bertz CT molecular complexity index is 953. The number of carbonyl (C=O) groups is 2. The Morgan fingerprint density at radius 1 is 1.07 bits per heavy atom. The highest BCUT2D eigenvalue weighted by Crippen LogP contribution is 2.38. The Morgan fingerprint density at radius 3 is 2.43 bits per heavy atom. The van der Waals surface area contributed by atoms with Gasteiger partial charge in [0, 0.05) is 18.0 Å². The molecule has 0 radical (unpaired) electrons. The van der Waals surface area contributed by atoms with E-state index < -0.39 is 12.0 Å². The van der Waals surface area contributed by atoms with Crippen LogP contribution in [0.15, 0.2) is 48.5 Å². The molecule has 1 atom stereocenters. The molecule has 0 aromatic heterocycles. The second kappa shape index (κ2) is 9.35. The van der Waals surface area contributed by atoms with Gasteiger partial charge in [0.25, 0.3) is 0 Å². The molecule has 3 rings (SSSR count). The molecule has 2 aromatic carbocycles. The zero-order valence-electron chi connectivity index (χ0n) is 17.3. The Morgan fingerprint density at radius 2 is 1.80 bits per heavy atom. The normalized spacial score (nSPS) is 15.4. The number of hydrogen-bond acceptors (Lipinski definition) is 6. The number of benzene rings is 2. The number of carbonyl (C=O) groups excluding carboxylic acids is 2. The number of aliphatic carboxylic acids is 1. The predicted octanol–water partition coefficient (Wildman–Crippen LogP) is 2.36. The molecule has 1 heterocycles. The van der Waals surface area contributed by atoms with Crippen molar-refractivity contribution >= 4 is 17.6 Å². The lowest BCUT2D eigenvalue weighted by molar-refractivity contribution is -0.305. The summed E-state index contributed by atoms with van der Waals surface area (Å²) >= 11 is 0. The van der Waals surface area contributed by atoms with Crippen LogP contribution >= 0.6 is 0 Å². The van der Waals surface area contributed by atoms with Crippen LogP contribution in [-0.4, -0.2) is 31.1 Å². The molecule has 0 bridgehead atoms. The third kappa shape index (κ3) is 4.74. The summed E-state index contributed by atoms with van der Waals surface area (Å²) in [6, 6.07) is 13.0. The van der Waals surface area contributed by atoms with E-state index in [1.165, 1.54) is 5.01 Å². The van der Waals surface area contributed by atoms with Crippen LogP contribution in [0.1, 0.15) is 42.0 Å². The Hall–Kier alpha value is -3.48. The summed E-state index contributed by atoms with van der Waals surface area (Å²) in [5, 5.41) is 12.2. The van der Waals surface area contributed by atoms with Crippen molar-refractivity contribution in [2.24, 2.45) is 0 Å². The number of ether oxygens (including phenoxy) is 2. The molecule has 7 nitrogen and oxygen atoms in total. The summed E-state index contributed by atoms with van der Waals surface area (Å²) in [6.45, 7) is 2.01. The van der Waals surface area contributed by atoms with E-state index in [1.54, 1.807) is 26.4 Å². The van der Waals surface area contributed by atoms with Gasteiger partial charge < -0.3 is 19.4 Å². The maximum absolute atomic E-state index is 12.9. The molecule has 158 valence electrons. The topological polar surface area (TPSA) is 90.9 Å². The van der Waals surface area contributed by atoms with Crippen LogP contribution in [0, 0.1) is 6.92 Å². The van der Waals surface area contributed by atoms with Gasteiger partial charge in [0.2, 0.25) is 5.91 Å². The monoisotopic (exact) mass is 409 g/mol. The smallest absolute Gasteiger partial charge is 0.241 e. The van der Waals surface area contributed by atoms with E-state index in [2.05, 4.69) is 5.43 Å². The summed E-state index contributed by atoms with van der Waals surface area (Å²) in [4.78, 5) is 23.7. The van der Waals surface area contributed by atoms with E-state index in [9.17, 15) is 14.7 Å². The molecule has 0 saturated heterocycles. The van der Waals surface area contributed by atoms with Gasteiger partial charge >= 0.3 is 0 Å². The molecule has 30 heavy (non-hydrogen) atoms. The lowest BCUT2D eigenvalue weighted by Crippen LogP contribution is -2.39. The molecular formula is C23H25N2O5-. The minimum Gasteiger partial charge on any atom is -0.550 e. The van der Waals surface area contributed by atoms with Crippen LogP contribution in [0.2, 0.25) is 0 Å². The van der Waals surface area contributed by atoms with Gasteiger partial charge in [-0.3, -0.25) is 10.2 Å². The first-order valence-electron chi connectivity index (χ1n) is 9.72. The minimum atomic E-state index is -1.17. The fraction of sp³-hybridized carbons (Fsp3) is 0.304. The van der Waals surface area contributed by atoms with E-state index in [0.717, 1.165) is 22.4 Å². The van der Waals surface area contributed by atoms with Crippen molar-refractivity contribution in [1.82, 2.24) is 10.4 Å². The summed E-state index contributed by atoms with van der Waals surface area (Å²) < 4.78 is 10.9. The average molecular weight is 409 g/mol. The molecule has 1 N–H and O–H groups in total. The van der Waals surface area contributed by atoms with Crippen molar-refractivity contribution in [1.29, 1.82) is 0 Å². The van der Waals surface area contributed by atoms with Crippen molar-refractivity contribution in [3.8, 4) is 11.5 Å². The van der Waals surface area contributed by atoms with Crippen LogP contribution in [-0.2, 0) is 9.59 Å². The first kappa shape index (κ1) is 21.2. The standard InChI is InChI=1S/C23H26N2O5/c1-15-7-9-16(10-8-15)19-14-20(18-13-17(29-2)11-12-21(18)30-3)25(24-19)22(26)5-4-6-23(27)28/h7-14,20,24H,4-6H2,1-3H3,(H,27,28)/p-1/t20-/m0/s1. The van der Waals surface area contributed by atoms with Crippen LogP contribution in [0.4, 0.5) is 0 Å². The summed E-state index contributed by atoms with van der Waals surface area (Å²) in [6.07, 6.45) is 2.09. The molecular weight excluding hydrogens is 384 g/mol. The summed E-state index contributed by atoms with van der Waals surface area (Å²) in [5.41, 5.74) is 6.82. The molecule has 1 amide bonds. The van der Waals surface area contributed by atoms with Gasteiger partial charge in [0.05, 0.1) is 19.9 Å². The first-order valence-corrected chi connectivity index (χ1v) is 9.72. The third-order valence-electron chi connectivity index (χ3n) is 5.00. The number of methoxy groups -OCH3 is 2. The molecule has 7 heteroatoms. The van der Waals surface area contributed by atoms with Gasteiger partial charge in [-0.1, -0.05) is 29.8 Å². The van der Waals surface area contributed by atoms with E-state index in [4.69, 9.17) is 9.47 Å². The number of amides is 1. The molecule has 0 fully saturated rings. The SMILES string of the molecule is COc1ccc(OC)c([C@@H]2C=C(c3ccc(C)cc3)NN2C(=O)CCCC(=O)[O-])c1. The number of carboxylic acid groups (broad SMARTS) is 1. The van der Waals surface area contributed by atoms with Crippen LogP contribution < -0.4 is 20.0 Å². The number of rotatable bonds is 8. The maximum Gasteiger partial charge on any atom is 0.241 e. The van der Waals surface area contributed by atoms with Gasteiger partial charge in [0.15, 0.2) is 0 Å². The Labute approximate surface area is 175 Å². The lowest BCUT2D eigenvalue weighted by atomic mass is 10.0. The highest BCUT2D eigenvalue weighted by atomic mass is 16.5. The number of nitrogens with zero attached hydrogens (tertiary/aromatic N) is 1. The fourth-order valence-electron chi connectivity index (χ4n) is 3.38. The van der Waals surface area contributed by atoms with Crippen LogP contribution in [0.3, 0.4) is 0 Å². The maximum atomic E-state index is 12.9. The minimum absolute atomic E-state index is 0.0821. The largest absolute Gasteiger partial charge is 0.550 e. The van der Waals surface area contributed by atoms with Crippen molar-refractivity contribution in [2.45, 2.75) is 32.2 Å². The number of hydrazine groups is 1. The van der Waals surface area contributed by atoms with E-state index >= 15 is 0 Å². The van der Waals surface area contributed by atoms with Gasteiger partial charge in [-0.15, -0.1) is 0 Å². The summed E-state index contributed by atoms with van der Waals surface area (Å²) in [5.74, 6) is -0.116. The lowest BCUT2D eigenvalue weighted by Gasteiger charge is -2.27. The summed E-state index contributed by atoms with van der Waals surface area (Å²) in [7, 11) is 3.15. The van der Waals surface area contributed by atoms with Crippen molar-refractivity contribution in [3.63, 3.8) is 0 Å². The molecule has 0 spiro atoms. The predicted molar refractivity (Wildman–Crippen MR) is 110 cm³/mol. The van der Waals surface area contributed by atoms with Crippen molar-refractivity contribution in [2.75, 3.05) is 14.2 Å². The molecule has 1 aliphatic rings. The highest BCUT2D eigenvalue weighted by molar-refractivity contribution is 5.81. The number of nitrogens with one attached hydrogen (secondary N) is 1. The van der Waals surface area contributed by atoms with Gasteiger partial charge in [-0.2, -0.15) is 0 Å². The van der Waals surface area contributed by atoms with Crippen molar-refractivity contribution in [3.05, 3.63) is 65.2 Å². The zero-order chi connectivity index (χ0) is 21.7. The van der Waals surface area contributed by atoms with Crippen molar-refractivity contribution < 1.29 is 24.2 Å². The van der Waals surface area contributed by atoms with Gasteiger partial charge in [-0.25, -0.2) is 5.01 Å². The second-order valence-electron chi connectivity index (χ2n) is 7.10. The zero-order valence-corrected chi connectivity index (χ0v) is 17.3. The Kier molecular flexibility index (Phi) is 6.61. The second-order valence-corrected chi connectivity index (χ2v) is 7.10. The van der Waals surface area contributed by atoms with E-state index in [1.807, 2.05) is 43.3 Å². The number of hydrogen-bond donors (Lipinski definition) is 1. The molecule has 0 saturated carbocycles. The Balaban J connectivity index is 1.96. The van der Waals surface area contributed by atoms with Gasteiger partial charge in [-0.05, 0) is 49.6 Å². The van der Waals surface area contributed by atoms with E-state index in [0.29, 0.717) is 11.5 Å². The quantitative estimate of drug-likeness (QED) is 0.720. The number of carboxylic acids is 1. The molecule has 0 unspecified atom stereocenters. The third-order valence-corrected chi connectivity index (χ3v) is 5.00. The van der Waals surface area contributed by atoms with Crippen LogP contribution in [0.25, 0.3) is 5.70 Å².